The van der Waals surface area contributed by atoms with Crippen molar-refractivity contribution in [1.29, 1.82) is 0 Å². The van der Waals surface area contributed by atoms with Crippen molar-refractivity contribution in [1.82, 2.24) is 39.6 Å². The van der Waals surface area contributed by atoms with Crippen molar-refractivity contribution >= 4 is 74.5 Å². The summed E-state index contributed by atoms with van der Waals surface area (Å²) in [5, 5.41) is 11.7. The number of amides is 1. The molecule has 2 N–H and O–H groups in total. The number of carbonyl (C=O) groups excluding carboxylic acids is 1. The molecule has 0 radical (unpaired) electrons. The van der Waals surface area contributed by atoms with Gasteiger partial charge in [-0.3, -0.25) is 14.6 Å². The van der Waals surface area contributed by atoms with Crippen molar-refractivity contribution in [3.63, 3.8) is 0 Å². The Kier molecular flexibility index (Phi) is 9.79. The van der Waals surface area contributed by atoms with E-state index in [4.69, 9.17) is 19.4 Å². The molecule has 6 heterocycles. The first-order valence-electron chi connectivity index (χ1n) is 16.7. The van der Waals surface area contributed by atoms with Crippen LogP contribution in [-0.2, 0) is 16.3 Å². The van der Waals surface area contributed by atoms with E-state index in [1.807, 2.05) is 36.3 Å². The number of hydrogen-bond donors (Lipinski definition) is 2. The molecule has 2 aliphatic rings. The number of piperidine rings is 1. The summed E-state index contributed by atoms with van der Waals surface area (Å²) in [6, 6.07) is 5.76. The third-order valence-electron chi connectivity index (χ3n) is 9.03. The van der Waals surface area contributed by atoms with Gasteiger partial charge < -0.3 is 34.5 Å². The first-order valence-corrected chi connectivity index (χ1v) is 20.1. The Labute approximate surface area is 303 Å². The number of anilines is 5. The van der Waals surface area contributed by atoms with E-state index in [0.717, 1.165) is 49.2 Å². The van der Waals surface area contributed by atoms with Crippen molar-refractivity contribution in [2.24, 2.45) is 7.05 Å². The van der Waals surface area contributed by atoms with Crippen LogP contribution < -0.4 is 25.6 Å². The number of nitrogens with zero attached hydrogens (tertiary/aromatic N) is 9. The zero-order valence-electron chi connectivity index (χ0n) is 28.8. The van der Waals surface area contributed by atoms with Crippen LogP contribution >= 0.6 is 23.1 Å². The average molecular weight is 777 g/mol. The number of cyclic esters (lactones) is 1. The van der Waals surface area contributed by atoms with Gasteiger partial charge in [-0.25, -0.2) is 9.78 Å². The molecule has 0 unspecified atom stereocenters. The van der Waals surface area contributed by atoms with E-state index in [2.05, 4.69) is 51.5 Å². The quantitative estimate of drug-likeness (QED) is 0.170. The molecule has 266 valence electrons. The minimum atomic E-state index is -2.79. The van der Waals surface area contributed by atoms with Gasteiger partial charge in [0.25, 0.3) is 0 Å². The molecule has 17 heteroatoms. The molecule has 1 amide bonds. The zero-order chi connectivity index (χ0) is 35.7. The van der Waals surface area contributed by atoms with Crippen LogP contribution in [0.4, 0.5) is 33.8 Å². The Balaban J connectivity index is 1.19. The van der Waals surface area contributed by atoms with Crippen LogP contribution in [-0.4, -0.2) is 98.4 Å². The molecule has 0 atom stereocenters. The second-order valence-electron chi connectivity index (χ2n) is 12.9. The number of aryl methyl sites for hydroxylation is 1. The lowest BCUT2D eigenvalue weighted by Crippen LogP contribution is -2.47. The fraction of sp³-hybridized carbons (Fsp3) is 0.382. The van der Waals surface area contributed by atoms with E-state index in [9.17, 15) is 9.36 Å². The first kappa shape index (κ1) is 34.6. The smallest absolute Gasteiger partial charge is 0.410 e. The Bertz CT molecular complexity index is 2130. The van der Waals surface area contributed by atoms with Crippen molar-refractivity contribution in [2.45, 2.75) is 31.7 Å². The zero-order valence-corrected chi connectivity index (χ0v) is 31.3. The van der Waals surface area contributed by atoms with E-state index in [1.165, 1.54) is 0 Å². The monoisotopic (exact) mass is 775 g/mol. The molecule has 7 rings (SSSR count). The van der Waals surface area contributed by atoms with Gasteiger partial charge in [-0.1, -0.05) is 0 Å². The summed E-state index contributed by atoms with van der Waals surface area (Å²) in [5.41, 5.74) is 4.15. The number of fused-ring (bicyclic) bond motifs is 1. The predicted octanol–water partition coefficient (Wildman–Crippen LogP) is 5.92. The Morgan fingerprint density at radius 1 is 1.00 bits per heavy atom. The maximum Gasteiger partial charge on any atom is 0.410 e. The van der Waals surface area contributed by atoms with E-state index in [-0.39, 0.29) is 18.1 Å². The molecule has 5 aromatic rings. The topological polar surface area (TPSA) is 165 Å². The van der Waals surface area contributed by atoms with Crippen LogP contribution in [0.15, 0.2) is 53.7 Å². The van der Waals surface area contributed by atoms with Gasteiger partial charge in [0.05, 0.1) is 40.9 Å². The van der Waals surface area contributed by atoms with Gasteiger partial charge >= 0.3 is 6.09 Å². The molecular formula is C34H39BrN11O4P. The number of rotatable bonds is 9. The summed E-state index contributed by atoms with van der Waals surface area (Å²) in [6.45, 7) is 6.04. The van der Waals surface area contributed by atoms with Gasteiger partial charge in [-0.15, -0.1) is 0 Å². The summed E-state index contributed by atoms with van der Waals surface area (Å²) in [6.07, 6.45) is 11.8. The number of carbonyl (C=O) groups is 1. The predicted molar refractivity (Wildman–Crippen MR) is 200 cm³/mol. The number of aromatic nitrogens is 7. The highest BCUT2D eigenvalue weighted by Gasteiger charge is 2.32. The standard InChI is InChI=1S/C34H39BrN11O4P/c1-44-20-21(18-39-44)23-17-27(32(49-2)43-31(23)45-14-9-22(10-15-45)46-13-5-6-16-50-34(46)47)41-33-38-19-24(35)30(42-33)40-26-8-7-25-28(37-12-11-36-25)29(26)51(3,4)48/h7-8,11-12,17-20,22H,5-6,9-10,13-16H2,1-4H3,(H2,38,40,41,42). The van der Waals surface area contributed by atoms with Crippen LogP contribution in [0.25, 0.3) is 22.2 Å². The van der Waals surface area contributed by atoms with Crippen LogP contribution in [0.2, 0.25) is 0 Å². The molecule has 2 fully saturated rings. The van der Waals surface area contributed by atoms with Crippen LogP contribution in [0, 0.1) is 0 Å². The third kappa shape index (κ3) is 7.33. The van der Waals surface area contributed by atoms with E-state index >= 15 is 0 Å². The van der Waals surface area contributed by atoms with Gasteiger partial charge in [0.1, 0.15) is 30.0 Å². The molecule has 2 aliphatic heterocycles. The molecule has 0 bridgehead atoms. The summed E-state index contributed by atoms with van der Waals surface area (Å²) >= 11 is 3.57. The van der Waals surface area contributed by atoms with E-state index in [1.54, 1.807) is 49.9 Å². The number of hydrogen-bond acceptors (Lipinski definition) is 13. The normalized spacial score (nSPS) is 15.8. The van der Waals surface area contributed by atoms with Gasteiger partial charge in [0, 0.05) is 68.6 Å². The van der Waals surface area contributed by atoms with Crippen molar-refractivity contribution in [2.75, 3.05) is 62.2 Å². The second-order valence-corrected chi connectivity index (χ2v) is 16.9. The number of pyridine rings is 1. The van der Waals surface area contributed by atoms with Gasteiger partial charge in [0.15, 0.2) is 0 Å². The molecule has 1 aromatic carbocycles. The van der Waals surface area contributed by atoms with Gasteiger partial charge in [-0.2, -0.15) is 15.1 Å². The fourth-order valence-electron chi connectivity index (χ4n) is 6.62. The third-order valence-corrected chi connectivity index (χ3v) is 11.1. The minimum Gasteiger partial charge on any atom is -0.479 e. The highest BCUT2D eigenvalue weighted by molar-refractivity contribution is 9.10. The number of methoxy groups -OCH3 is 1. The lowest BCUT2D eigenvalue weighted by Gasteiger charge is -2.38. The van der Waals surface area contributed by atoms with Gasteiger partial charge in [0.2, 0.25) is 11.8 Å². The summed E-state index contributed by atoms with van der Waals surface area (Å²) in [7, 11) is 0.655. The maximum absolute atomic E-state index is 13.5. The van der Waals surface area contributed by atoms with Crippen LogP contribution in [0.1, 0.15) is 25.7 Å². The molecule has 15 nitrogen and oxygen atoms in total. The Morgan fingerprint density at radius 3 is 2.55 bits per heavy atom. The minimum absolute atomic E-state index is 0.120. The van der Waals surface area contributed by atoms with E-state index < -0.39 is 7.14 Å². The number of halogens is 1. The number of ether oxygens (including phenoxy) is 2. The van der Waals surface area contributed by atoms with Crippen molar-refractivity contribution in [3.05, 3.63) is 53.7 Å². The molecule has 0 aliphatic carbocycles. The highest BCUT2D eigenvalue weighted by Crippen LogP contribution is 2.42. The SMILES string of the molecule is COc1nc(N2CCC(N3CCCCOC3=O)CC2)c(-c2cnn(C)c2)cc1Nc1ncc(Br)c(Nc2ccc3nccnc3c2P(C)(C)=O)n1. The molecule has 4 aromatic heterocycles. The molecule has 51 heavy (non-hydrogen) atoms. The molecular weight excluding hydrogens is 737 g/mol. The lowest BCUT2D eigenvalue weighted by atomic mass is 10.0. The number of nitrogens with one attached hydrogen (secondary N) is 2. The molecule has 0 spiro atoms. The Morgan fingerprint density at radius 2 is 1.80 bits per heavy atom. The summed E-state index contributed by atoms with van der Waals surface area (Å²) < 4.78 is 27.1. The van der Waals surface area contributed by atoms with Gasteiger partial charge in [-0.05, 0) is 73.1 Å². The summed E-state index contributed by atoms with van der Waals surface area (Å²) in [4.78, 5) is 39.9. The average Bonchev–Trinajstić information content (AvgIpc) is 3.44. The highest BCUT2D eigenvalue weighted by atomic mass is 79.9. The van der Waals surface area contributed by atoms with Crippen LogP contribution in [0.5, 0.6) is 5.88 Å². The fourth-order valence-corrected chi connectivity index (χ4v) is 8.30. The summed E-state index contributed by atoms with van der Waals surface area (Å²) in [5.74, 6) is 1.87. The lowest BCUT2D eigenvalue weighted by molar-refractivity contribution is 0.0945. The van der Waals surface area contributed by atoms with Crippen LogP contribution in [0.3, 0.4) is 0 Å². The van der Waals surface area contributed by atoms with Crippen molar-refractivity contribution < 1.29 is 18.8 Å². The molecule has 2 saturated heterocycles. The largest absolute Gasteiger partial charge is 0.479 e. The second kappa shape index (κ2) is 14.4. The number of benzene rings is 1. The Hall–Kier alpha value is -4.82. The van der Waals surface area contributed by atoms with E-state index in [0.29, 0.717) is 63.6 Å². The maximum atomic E-state index is 13.5. The first-order chi connectivity index (χ1) is 24.6. The van der Waals surface area contributed by atoms with Crippen molar-refractivity contribution in [3.8, 4) is 17.0 Å². The molecule has 0 saturated carbocycles.